The monoisotopic (exact) mass is 249 g/mol. The highest BCUT2D eigenvalue weighted by molar-refractivity contribution is 5.26. The van der Waals surface area contributed by atoms with Crippen LogP contribution in [0.2, 0.25) is 0 Å². The van der Waals surface area contributed by atoms with Gasteiger partial charge in [0.2, 0.25) is 0 Å². The summed E-state index contributed by atoms with van der Waals surface area (Å²) in [6.07, 6.45) is 1.40. The molecule has 18 heavy (non-hydrogen) atoms. The molecule has 1 aromatic carbocycles. The predicted octanol–water partition coefficient (Wildman–Crippen LogP) is 3.75. The Hall–Kier alpha value is -0.860. The molecule has 0 amide bonds. The molecule has 0 spiro atoms. The summed E-state index contributed by atoms with van der Waals surface area (Å²) in [5, 5.41) is 3.49. The van der Waals surface area contributed by atoms with Gasteiger partial charge in [0.15, 0.2) is 0 Å². The van der Waals surface area contributed by atoms with Gasteiger partial charge in [0.25, 0.3) is 0 Å². The molecule has 102 valence electrons. The SMILES string of the molecule is CCC(C)OCc1ccccc1CNCC(C)C. The Balaban J connectivity index is 2.50. The quantitative estimate of drug-likeness (QED) is 0.757. The van der Waals surface area contributed by atoms with E-state index >= 15 is 0 Å². The van der Waals surface area contributed by atoms with Crippen molar-refractivity contribution in [2.24, 2.45) is 5.92 Å². The molecule has 0 aliphatic rings. The van der Waals surface area contributed by atoms with Crippen LogP contribution in [0.5, 0.6) is 0 Å². The molecular weight excluding hydrogens is 222 g/mol. The average Bonchev–Trinajstić information content (AvgIpc) is 2.36. The fourth-order valence-electron chi connectivity index (χ4n) is 1.72. The molecule has 0 aliphatic carbocycles. The molecule has 0 saturated heterocycles. The summed E-state index contributed by atoms with van der Waals surface area (Å²) in [4.78, 5) is 0. The number of ether oxygens (including phenoxy) is 1. The molecular formula is C16H27NO. The minimum absolute atomic E-state index is 0.335. The minimum atomic E-state index is 0.335. The van der Waals surface area contributed by atoms with Crippen LogP contribution in [0.4, 0.5) is 0 Å². The topological polar surface area (TPSA) is 21.3 Å². The third kappa shape index (κ3) is 5.65. The largest absolute Gasteiger partial charge is 0.374 e. The Kier molecular flexibility index (Phi) is 6.99. The number of benzene rings is 1. The average molecular weight is 249 g/mol. The smallest absolute Gasteiger partial charge is 0.0723 e. The number of rotatable bonds is 8. The zero-order chi connectivity index (χ0) is 13.4. The van der Waals surface area contributed by atoms with E-state index in [0.29, 0.717) is 18.6 Å². The number of hydrogen-bond donors (Lipinski definition) is 1. The first kappa shape index (κ1) is 15.2. The van der Waals surface area contributed by atoms with Crippen molar-refractivity contribution in [2.75, 3.05) is 6.54 Å². The van der Waals surface area contributed by atoms with Crippen LogP contribution in [0, 0.1) is 5.92 Å². The van der Waals surface area contributed by atoms with Gasteiger partial charge >= 0.3 is 0 Å². The van der Waals surface area contributed by atoms with E-state index in [1.165, 1.54) is 11.1 Å². The molecule has 2 nitrogen and oxygen atoms in total. The van der Waals surface area contributed by atoms with Gasteiger partial charge < -0.3 is 10.1 Å². The van der Waals surface area contributed by atoms with Crippen molar-refractivity contribution in [2.45, 2.75) is 53.4 Å². The van der Waals surface area contributed by atoms with Gasteiger partial charge in [-0.15, -0.1) is 0 Å². The molecule has 1 unspecified atom stereocenters. The van der Waals surface area contributed by atoms with Crippen LogP contribution in [0.25, 0.3) is 0 Å². The maximum atomic E-state index is 5.82. The van der Waals surface area contributed by atoms with Crippen molar-refractivity contribution in [1.29, 1.82) is 0 Å². The van der Waals surface area contributed by atoms with Crippen molar-refractivity contribution in [3.8, 4) is 0 Å². The standard InChI is InChI=1S/C16H27NO/c1-5-14(4)18-12-16-9-7-6-8-15(16)11-17-10-13(2)3/h6-9,13-14,17H,5,10-12H2,1-4H3. The molecule has 0 saturated carbocycles. The van der Waals surface area contributed by atoms with E-state index in [1.54, 1.807) is 0 Å². The Bertz CT molecular complexity index is 336. The van der Waals surface area contributed by atoms with E-state index in [1.807, 2.05) is 0 Å². The molecule has 1 atom stereocenters. The molecule has 0 fully saturated rings. The second kappa shape index (κ2) is 8.28. The van der Waals surface area contributed by atoms with Crippen LogP contribution in [0.15, 0.2) is 24.3 Å². The molecule has 2 heteroatoms. The second-order valence-electron chi connectivity index (χ2n) is 5.32. The summed E-state index contributed by atoms with van der Waals surface area (Å²) < 4.78 is 5.82. The van der Waals surface area contributed by atoms with Crippen molar-refractivity contribution in [1.82, 2.24) is 5.32 Å². The lowest BCUT2D eigenvalue weighted by atomic mass is 10.1. The Morgan fingerprint density at radius 1 is 1.11 bits per heavy atom. The first-order valence-corrected chi connectivity index (χ1v) is 7.02. The summed E-state index contributed by atoms with van der Waals surface area (Å²) in [7, 11) is 0. The molecule has 0 bridgehead atoms. The molecule has 0 radical (unpaired) electrons. The lowest BCUT2D eigenvalue weighted by Gasteiger charge is -2.14. The number of hydrogen-bond acceptors (Lipinski definition) is 2. The van der Waals surface area contributed by atoms with Gasteiger partial charge in [-0.1, -0.05) is 45.0 Å². The molecule has 0 aliphatic heterocycles. The molecule has 1 N–H and O–H groups in total. The molecule has 1 rings (SSSR count). The summed E-state index contributed by atoms with van der Waals surface area (Å²) in [5.41, 5.74) is 2.65. The van der Waals surface area contributed by atoms with Crippen molar-refractivity contribution >= 4 is 0 Å². The highest BCUT2D eigenvalue weighted by atomic mass is 16.5. The van der Waals surface area contributed by atoms with Crippen LogP contribution in [0.3, 0.4) is 0 Å². The lowest BCUT2D eigenvalue weighted by Crippen LogP contribution is -2.20. The van der Waals surface area contributed by atoms with Gasteiger partial charge in [-0.25, -0.2) is 0 Å². The number of nitrogens with one attached hydrogen (secondary N) is 1. The normalized spacial score (nSPS) is 12.9. The minimum Gasteiger partial charge on any atom is -0.374 e. The fourth-order valence-corrected chi connectivity index (χ4v) is 1.72. The molecule has 0 aromatic heterocycles. The van der Waals surface area contributed by atoms with E-state index in [2.05, 4.69) is 57.3 Å². The summed E-state index contributed by atoms with van der Waals surface area (Å²) in [6, 6.07) is 8.53. The van der Waals surface area contributed by atoms with Gasteiger partial charge in [0.05, 0.1) is 12.7 Å². The van der Waals surface area contributed by atoms with Crippen molar-refractivity contribution in [3.05, 3.63) is 35.4 Å². The van der Waals surface area contributed by atoms with Gasteiger partial charge in [-0.05, 0) is 36.9 Å². The maximum Gasteiger partial charge on any atom is 0.0723 e. The van der Waals surface area contributed by atoms with Crippen LogP contribution in [-0.4, -0.2) is 12.6 Å². The third-order valence-corrected chi connectivity index (χ3v) is 3.08. The van der Waals surface area contributed by atoms with Crippen LogP contribution in [0.1, 0.15) is 45.2 Å². The Morgan fingerprint density at radius 3 is 2.39 bits per heavy atom. The highest BCUT2D eigenvalue weighted by Crippen LogP contribution is 2.12. The van der Waals surface area contributed by atoms with Gasteiger partial charge in [0.1, 0.15) is 0 Å². The van der Waals surface area contributed by atoms with E-state index < -0.39 is 0 Å². The van der Waals surface area contributed by atoms with Gasteiger partial charge in [-0.3, -0.25) is 0 Å². The molecule has 1 aromatic rings. The van der Waals surface area contributed by atoms with E-state index in [4.69, 9.17) is 4.74 Å². The van der Waals surface area contributed by atoms with Crippen LogP contribution in [-0.2, 0) is 17.9 Å². The van der Waals surface area contributed by atoms with E-state index in [0.717, 1.165) is 19.5 Å². The summed E-state index contributed by atoms with van der Waals surface area (Å²) >= 11 is 0. The van der Waals surface area contributed by atoms with Crippen molar-refractivity contribution in [3.63, 3.8) is 0 Å². The highest BCUT2D eigenvalue weighted by Gasteiger charge is 2.04. The first-order valence-electron chi connectivity index (χ1n) is 7.02. The van der Waals surface area contributed by atoms with Crippen LogP contribution >= 0.6 is 0 Å². The van der Waals surface area contributed by atoms with E-state index in [9.17, 15) is 0 Å². The summed E-state index contributed by atoms with van der Waals surface area (Å²) in [5.74, 6) is 0.688. The first-order chi connectivity index (χ1) is 8.63. The van der Waals surface area contributed by atoms with E-state index in [-0.39, 0.29) is 0 Å². The Labute approximate surface area is 112 Å². The fraction of sp³-hybridized carbons (Fsp3) is 0.625. The predicted molar refractivity (Wildman–Crippen MR) is 77.5 cm³/mol. The van der Waals surface area contributed by atoms with Gasteiger partial charge in [0, 0.05) is 6.54 Å². The maximum absolute atomic E-state index is 5.82. The van der Waals surface area contributed by atoms with Crippen LogP contribution < -0.4 is 5.32 Å². The summed E-state index contributed by atoms with van der Waals surface area (Å²) in [6.45, 7) is 11.4. The zero-order valence-corrected chi connectivity index (χ0v) is 12.2. The zero-order valence-electron chi connectivity index (χ0n) is 12.2. The second-order valence-corrected chi connectivity index (χ2v) is 5.32. The van der Waals surface area contributed by atoms with Crippen molar-refractivity contribution < 1.29 is 4.74 Å². The third-order valence-electron chi connectivity index (χ3n) is 3.08. The molecule has 0 heterocycles. The lowest BCUT2D eigenvalue weighted by molar-refractivity contribution is 0.0504. The Morgan fingerprint density at radius 2 is 1.78 bits per heavy atom. The van der Waals surface area contributed by atoms with Gasteiger partial charge in [-0.2, -0.15) is 0 Å².